The molecule has 2 nitrogen and oxygen atoms in total. The van der Waals surface area contributed by atoms with Gasteiger partial charge in [0.2, 0.25) is 0 Å². The van der Waals surface area contributed by atoms with E-state index in [0.29, 0.717) is 12.5 Å². The Hall–Kier alpha value is -1.02. The highest BCUT2D eigenvalue weighted by atomic mass is 35.5. The predicted molar refractivity (Wildman–Crippen MR) is 67.4 cm³/mol. The van der Waals surface area contributed by atoms with Crippen molar-refractivity contribution in [1.82, 2.24) is 0 Å². The van der Waals surface area contributed by atoms with E-state index in [4.69, 9.17) is 16.3 Å². The molecule has 0 unspecified atom stereocenters. The lowest BCUT2D eigenvalue weighted by molar-refractivity contribution is 0.307. The van der Waals surface area contributed by atoms with E-state index in [0.717, 1.165) is 30.3 Å². The van der Waals surface area contributed by atoms with Gasteiger partial charge >= 0.3 is 0 Å². The number of aliphatic imine (C=N–C) groups is 1. The predicted octanol–water partition coefficient (Wildman–Crippen LogP) is 3.65. The Kier molecular flexibility index (Phi) is 3.83. The van der Waals surface area contributed by atoms with Crippen LogP contribution in [-0.2, 0) is 4.74 Å². The lowest BCUT2D eigenvalue weighted by Crippen LogP contribution is -2.16. The van der Waals surface area contributed by atoms with E-state index >= 15 is 0 Å². The molecule has 3 heteroatoms. The smallest absolute Gasteiger partial charge is 0.183 e. The molecular weight excluding hydrogens is 222 g/mol. The Bertz CT molecular complexity index is 372. The van der Waals surface area contributed by atoms with Gasteiger partial charge in [0.1, 0.15) is 0 Å². The molecule has 1 aliphatic heterocycles. The van der Waals surface area contributed by atoms with Crippen molar-refractivity contribution in [3.63, 3.8) is 0 Å². The summed E-state index contributed by atoms with van der Waals surface area (Å²) >= 11 is 5.87. The first kappa shape index (κ1) is 11.5. The first-order valence-electron chi connectivity index (χ1n) is 5.71. The summed E-state index contributed by atoms with van der Waals surface area (Å²) in [6.45, 7) is 3.54. The van der Waals surface area contributed by atoms with Crippen molar-refractivity contribution >= 4 is 17.5 Å². The van der Waals surface area contributed by atoms with E-state index in [1.165, 1.54) is 5.56 Å². The monoisotopic (exact) mass is 237 g/mol. The van der Waals surface area contributed by atoms with Gasteiger partial charge in [-0.05, 0) is 31.0 Å². The Labute approximate surface area is 101 Å². The number of hydrogen-bond acceptors (Lipinski definition) is 2. The van der Waals surface area contributed by atoms with Crippen molar-refractivity contribution < 1.29 is 4.74 Å². The summed E-state index contributed by atoms with van der Waals surface area (Å²) < 4.78 is 5.41. The van der Waals surface area contributed by atoms with Crippen molar-refractivity contribution in [2.24, 2.45) is 4.99 Å². The number of rotatable bonds is 2. The van der Waals surface area contributed by atoms with E-state index in [-0.39, 0.29) is 0 Å². The highest BCUT2D eigenvalue weighted by Gasteiger charge is 2.17. The molecule has 0 radical (unpaired) electrons. The second-order valence-electron chi connectivity index (χ2n) is 3.95. The van der Waals surface area contributed by atoms with Crippen LogP contribution in [0.4, 0.5) is 0 Å². The van der Waals surface area contributed by atoms with Gasteiger partial charge in [-0.1, -0.05) is 23.7 Å². The summed E-state index contributed by atoms with van der Waals surface area (Å²) in [6.07, 6.45) is 2.06. The zero-order valence-electron chi connectivity index (χ0n) is 9.45. The molecule has 1 aromatic carbocycles. The van der Waals surface area contributed by atoms with Gasteiger partial charge in [0.25, 0.3) is 0 Å². The third-order valence-electron chi connectivity index (χ3n) is 2.85. The highest BCUT2D eigenvalue weighted by Crippen LogP contribution is 2.26. The molecule has 0 aromatic heterocycles. The quantitative estimate of drug-likeness (QED) is 0.770. The van der Waals surface area contributed by atoms with Crippen LogP contribution in [-0.4, -0.2) is 19.0 Å². The average Bonchev–Trinajstić information content (AvgIpc) is 2.32. The van der Waals surface area contributed by atoms with Gasteiger partial charge in [0, 0.05) is 23.9 Å². The molecule has 0 saturated carbocycles. The molecule has 0 saturated heterocycles. The van der Waals surface area contributed by atoms with Crippen molar-refractivity contribution in [2.45, 2.75) is 25.7 Å². The standard InChI is InChI=1S/C13H16ClNO/c1-2-16-13-8-5-11(9-15-13)10-3-6-12(14)7-4-10/h3-4,6-7,11H,2,5,8-9H2,1H3/t11-/m1/s1. The maximum Gasteiger partial charge on any atom is 0.183 e. The summed E-state index contributed by atoms with van der Waals surface area (Å²) in [6, 6.07) is 8.07. The van der Waals surface area contributed by atoms with Crippen molar-refractivity contribution in [3.05, 3.63) is 34.9 Å². The van der Waals surface area contributed by atoms with Crippen LogP contribution in [0.15, 0.2) is 29.3 Å². The maximum atomic E-state index is 5.87. The molecule has 0 bridgehead atoms. The van der Waals surface area contributed by atoms with E-state index in [2.05, 4.69) is 17.1 Å². The molecule has 1 atom stereocenters. The van der Waals surface area contributed by atoms with E-state index in [1.807, 2.05) is 19.1 Å². The third kappa shape index (κ3) is 2.76. The summed E-state index contributed by atoms with van der Waals surface area (Å²) in [5.41, 5.74) is 1.32. The van der Waals surface area contributed by atoms with E-state index in [1.54, 1.807) is 0 Å². The highest BCUT2D eigenvalue weighted by molar-refractivity contribution is 6.30. The van der Waals surface area contributed by atoms with Crippen LogP contribution in [0.5, 0.6) is 0 Å². The minimum absolute atomic E-state index is 0.515. The van der Waals surface area contributed by atoms with Crippen LogP contribution >= 0.6 is 11.6 Å². The number of benzene rings is 1. The fourth-order valence-electron chi connectivity index (χ4n) is 1.97. The van der Waals surface area contributed by atoms with Crippen LogP contribution in [0.25, 0.3) is 0 Å². The zero-order valence-corrected chi connectivity index (χ0v) is 10.2. The molecule has 1 aliphatic rings. The SMILES string of the molecule is CCOC1=NC[C@H](c2ccc(Cl)cc2)CC1. The molecule has 0 spiro atoms. The Balaban J connectivity index is 2.01. The van der Waals surface area contributed by atoms with Gasteiger partial charge in [-0.15, -0.1) is 0 Å². The van der Waals surface area contributed by atoms with Crippen molar-refractivity contribution in [2.75, 3.05) is 13.2 Å². The Morgan fingerprint density at radius 1 is 1.38 bits per heavy atom. The van der Waals surface area contributed by atoms with Crippen molar-refractivity contribution in [3.8, 4) is 0 Å². The van der Waals surface area contributed by atoms with Crippen LogP contribution in [0.3, 0.4) is 0 Å². The third-order valence-corrected chi connectivity index (χ3v) is 3.10. The van der Waals surface area contributed by atoms with Gasteiger partial charge in [-0.25, -0.2) is 0 Å². The van der Waals surface area contributed by atoms with E-state index in [9.17, 15) is 0 Å². The minimum Gasteiger partial charge on any atom is -0.481 e. The Morgan fingerprint density at radius 2 is 2.12 bits per heavy atom. The first-order valence-corrected chi connectivity index (χ1v) is 6.09. The van der Waals surface area contributed by atoms with Crippen molar-refractivity contribution in [1.29, 1.82) is 0 Å². The second-order valence-corrected chi connectivity index (χ2v) is 4.39. The number of nitrogens with zero attached hydrogens (tertiary/aromatic N) is 1. The fraction of sp³-hybridized carbons (Fsp3) is 0.462. The lowest BCUT2D eigenvalue weighted by atomic mass is 9.92. The molecule has 0 amide bonds. The first-order chi connectivity index (χ1) is 7.79. The largest absolute Gasteiger partial charge is 0.481 e. The van der Waals surface area contributed by atoms with Crippen LogP contribution in [0.1, 0.15) is 31.2 Å². The summed E-state index contributed by atoms with van der Waals surface area (Å²) in [7, 11) is 0. The zero-order chi connectivity index (χ0) is 11.4. The fourth-order valence-corrected chi connectivity index (χ4v) is 2.10. The summed E-state index contributed by atoms with van der Waals surface area (Å²) in [5.74, 6) is 1.43. The van der Waals surface area contributed by atoms with Gasteiger partial charge < -0.3 is 4.74 Å². The number of halogens is 1. The molecule has 0 N–H and O–H groups in total. The second kappa shape index (κ2) is 5.35. The molecule has 1 aromatic rings. The normalized spacial score (nSPS) is 20.4. The van der Waals surface area contributed by atoms with E-state index < -0.39 is 0 Å². The van der Waals surface area contributed by atoms with Crippen LogP contribution in [0.2, 0.25) is 5.02 Å². The number of ether oxygens (including phenoxy) is 1. The molecule has 2 rings (SSSR count). The molecular formula is C13H16ClNO. The van der Waals surface area contributed by atoms with Gasteiger partial charge in [0.15, 0.2) is 5.90 Å². The van der Waals surface area contributed by atoms with Gasteiger partial charge in [0.05, 0.1) is 6.61 Å². The molecule has 86 valence electrons. The Morgan fingerprint density at radius 3 is 2.69 bits per heavy atom. The summed E-state index contributed by atoms with van der Waals surface area (Å²) in [5, 5.41) is 0.790. The lowest BCUT2D eigenvalue weighted by Gasteiger charge is -2.21. The maximum absolute atomic E-state index is 5.87. The van der Waals surface area contributed by atoms with Crippen LogP contribution in [0, 0.1) is 0 Å². The average molecular weight is 238 g/mol. The molecule has 16 heavy (non-hydrogen) atoms. The van der Waals surface area contributed by atoms with Gasteiger partial charge in [-0.2, -0.15) is 0 Å². The van der Waals surface area contributed by atoms with Crippen LogP contribution < -0.4 is 0 Å². The minimum atomic E-state index is 0.515. The molecule has 1 heterocycles. The van der Waals surface area contributed by atoms with Gasteiger partial charge in [-0.3, -0.25) is 4.99 Å². The molecule has 0 fully saturated rings. The summed E-state index contributed by atoms with van der Waals surface area (Å²) in [4.78, 5) is 4.46. The topological polar surface area (TPSA) is 21.6 Å². The number of hydrogen-bond donors (Lipinski definition) is 0. The molecule has 0 aliphatic carbocycles.